The Labute approximate surface area is 333 Å². The van der Waals surface area contributed by atoms with Crippen LogP contribution in [0.25, 0.3) is 64.7 Å². The third kappa shape index (κ3) is 4.85. The van der Waals surface area contributed by atoms with E-state index in [4.69, 9.17) is 0 Å². The molecule has 0 amide bonds. The molecule has 0 N–H and O–H groups in total. The Morgan fingerprint density at radius 3 is 1.41 bits per heavy atom. The zero-order chi connectivity index (χ0) is 37.8. The topological polar surface area (TPSA) is 3.24 Å². The van der Waals surface area contributed by atoms with Crippen molar-refractivity contribution in [1.82, 2.24) is 0 Å². The lowest BCUT2D eigenvalue weighted by Crippen LogP contribution is -2.18. The van der Waals surface area contributed by atoms with Crippen molar-refractivity contribution in [1.29, 1.82) is 0 Å². The molecule has 2 heteroatoms. The summed E-state index contributed by atoms with van der Waals surface area (Å²) in [4.78, 5) is 2.46. The summed E-state index contributed by atoms with van der Waals surface area (Å²) >= 11 is 1.89. The fourth-order valence-electron chi connectivity index (χ4n) is 9.73. The molecule has 2 aliphatic rings. The molecule has 0 bridgehead atoms. The quantitative estimate of drug-likeness (QED) is 0.170. The van der Waals surface area contributed by atoms with Gasteiger partial charge in [0, 0.05) is 48.1 Å². The van der Waals surface area contributed by atoms with Gasteiger partial charge >= 0.3 is 0 Å². The minimum atomic E-state index is -0.0896. The summed E-state index contributed by atoms with van der Waals surface area (Å²) in [6, 6.07) is 65.7. The molecule has 9 aromatic rings. The highest BCUT2D eigenvalue weighted by Crippen LogP contribution is 2.53. The number of hydrogen-bond acceptors (Lipinski definition) is 2. The Bertz CT molecular complexity index is 2910. The van der Waals surface area contributed by atoms with Gasteiger partial charge in [0.05, 0.1) is 0 Å². The van der Waals surface area contributed by atoms with Crippen molar-refractivity contribution in [3.05, 3.63) is 198 Å². The van der Waals surface area contributed by atoms with Crippen molar-refractivity contribution < 1.29 is 0 Å². The number of rotatable bonds is 5. The lowest BCUT2D eigenvalue weighted by Gasteiger charge is -2.30. The van der Waals surface area contributed by atoms with Crippen molar-refractivity contribution >= 4 is 48.6 Å². The Balaban J connectivity index is 0.990. The normalized spacial score (nSPS) is 14.4. The third-order valence-corrected chi connectivity index (χ3v) is 13.9. The summed E-state index contributed by atoms with van der Waals surface area (Å²) < 4.78 is 2.69. The molecule has 1 aromatic heterocycles. The van der Waals surface area contributed by atoms with Gasteiger partial charge in [0.1, 0.15) is 0 Å². The molecule has 268 valence electrons. The van der Waals surface area contributed by atoms with Crippen molar-refractivity contribution in [2.24, 2.45) is 0 Å². The van der Waals surface area contributed by atoms with E-state index in [1.807, 2.05) is 11.3 Å². The molecule has 1 heterocycles. The van der Waals surface area contributed by atoms with Crippen LogP contribution in [0.2, 0.25) is 0 Å². The molecule has 2 aliphatic carbocycles. The Hall–Kier alpha value is -6.22. The van der Waals surface area contributed by atoms with Gasteiger partial charge in [-0.25, -0.2) is 0 Å². The van der Waals surface area contributed by atoms with E-state index in [-0.39, 0.29) is 10.8 Å². The maximum Gasteiger partial charge on any atom is 0.0465 e. The molecule has 8 aromatic carbocycles. The molecular weight excluding hydrogens is 695 g/mol. The first kappa shape index (κ1) is 33.1. The van der Waals surface area contributed by atoms with Gasteiger partial charge in [-0.2, -0.15) is 0 Å². The number of benzene rings is 8. The second-order valence-electron chi connectivity index (χ2n) is 16.5. The molecule has 56 heavy (non-hydrogen) atoms. The zero-order valence-corrected chi connectivity index (χ0v) is 32.9. The summed E-state index contributed by atoms with van der Waals surface area (Å²) in [5.74, 6) is 0. The maximum atomic E-state index is 2.46. The van der Waals surface area contributed by atoms with E-state index >= 15 is 0 Å². The molecule has 0 fully saturated rings. The SMILES string of the molecule is CC1(C)c2ccccc2-c2ccc(N(c3ccc(-c4ccc(-c5cccc6c5sc5ccccc56)cc4)cc3)c3ccc4c(c3)C(C)(C)c3ccccc3-4)cc21. The van der Waals surface area contributed by atoms with Crippen molar-refractivity contribution in [3.63, 3.8) is 0 Å². The number of anilines is 3. The number of nitrogens with zero attached hydrogens (tertiary/aromatic N) is 1. The van der Waals surface area contributed by atoms with E-state index in [2.05, 4.69) is 209 Å². The van der Waals surface area contributed by atoms with Crippen molar-refractivity contribution in [2.75, 3.05) is 4.90 Å². The van der Waals surface area contributed by atoms with Gasteiger partial charge < -0.3 is 4.90 Å². The van der Waals surface area contributed by atoms with Gasteiger partial charge in [0.25, 0.3) is 0 Å². The second-order valence-corrected chi connectivity index (χ2v) is 17.6. The molecule has 0 saturated heterocycles. The summed E-state index contributed by atoms with van der Waals surface area (Å²) in [7, 11) is 0. The third-order valence-electron chi connectivity index (χ3n) is 12.7. The number of hydrogen-bond donors (Lipinski definition) is 0. The first-order valence-electron chi connectivity index (χ1n) is 19.7. The summed E-state index contributed by atoms with van der Waals surface area (Å²) in [5.41, 5.74) is 19.2. The number of thiophene rings is 1. The lowest BCUT2D eigenvalue weighted by molar-refractivity contribution is 0.660. The first-order chi connectivity index (χ1) is 27.3. The van der Waals surface area contributed by atoms with E-state index in [1.165, 1.54) is 98.3 Å². The molecule has 0 atom stereocenters. The van der Waals surface area contributed by atoms with Crippen molar-refractivity contribution in [3.8, 4) is 44.5 Å². The van der Waals surface area contributed by atoms with E-state index < -0.39 is 0 Å². The van der Waals surface area contributed by atoms with Gasteiger partial charge in [0.15, 0.2) is 0 Å². The van der Waals surface area contributed by atoms with Gasteiger partial charge in [-0.15, -0.1) is 11.3 Å². The van der Waals surface area contributed by atoms with Crippen LogP contribution in [0.4, 0.5) is 17.1 Å². The molecule has 11 rings (SSSR count). The minimum absolute atomic E-state index is 0.0896. The Kier molecular flexibility index (Phi) is 7.18. The predicted octanol–water partition coefficient (Wildman–Crippen LogP) is 15.5. The van der Waals surface area contributed by atoms with E-state index in [9.17, 15) is 0 Å². The van der Waals surface area contributed by atoms with Crippen LogP contribution in [0, 0.1) is 0 Å². The summed E-state index contributed by atoms with van der Waals surface area (Å²) in [6.07, 6.45) is 0. The van der Waals surface area contributed by atoms with Crippen LogP contribution in [-0.4, -0.2) is 0 Å². The van der Waals surface area contributed by atoms with E-state index in [0.29, 0.717) is 0 Å². The first-order valence-corrected chi connectivity index (χ1v) is 20.5. The zero-order valence-electron chi connectivity index (χ0n) is 32.1. The number of fused-ring (bicyclic) bond motifs is 9. The smallest absolute Gasteiger partial charge is 0.0465 e. The Morgan fingerprint density at radius 2 is 0.804 bits per heavy atom. The second kappa shape index (κ2) is 12.1. The lowest BCUT2D eigenvalue weighted by atomic mass is 9.82. The highest BCUT2D eigenvalue weighted by molar-refractivity contribution is 7.26. The maximum absolute atomic E-state index is 2.46. The van der Waals surface area contributed by atoms with Crippen LogP contribution in [-0.2, 0) is 10.8 Å². The minimum Gasteiger partial charge on any atom is -0.310 e. The largest absolute Gasteiger partial charge is 0.310 e. The van der Waals surface area contributed by atoms with Crippen LogP contribution in [0.5, 0.6) is 0 Å². The van der Waals surface area contributed by atoms with Crippen molar-refractivity contribution in [2.45, 2.75) is 38.5 Å². The highest BCUT2D eigenvalue weighted by atomic mass is 32.1. The average Bonchev–Trinajstić information content (AvgIpc) is 3.81. The fraction of sp³-hybridized carbons (Fsp3) is 0.111. The van der Waals surface area contributed by atoms with Crippen LogP contribution in [0.1, 0.15) is 49.9 Å². The molecule has 0 unspecified atom stereocenters. The van der Waals surface area contributed by atoms with Gasteiger partial charge in [0.2, 0.25) is 0 Å². The van der Waals surface area contributed by atoms with Crippen LogP contribution < -0.4 is 4.90 Å². The monoisotopic (exact) mass is 735 g/mol. The standard InChI is InChI=1S/C54H41NS/c1-53(2)47-17-8-5-12-41(47)43-30-28-38(32-49(43)53)55(39-29-31-44-42-13-6-9-18-48(42)54(3,4)50(44)33-39)37-26-24-35(25-27-37)34-20-22-36(23-21-34)40-15-11-16-46-45-14-7-10-19-51(45)56-52(40)46/h5-33H,1-4H3. The molecular formula is C54H41NS. The molecule has 0 aliphatic heterocycles. The van der Waals surface area contributed by atoms with Gasteiger partial charge in [-0.3, -0.25) is 0 Å². The summed E-state index contributed by atoms with van der Waals surface area (Å²) in [5, 5.41) is 2.67. The van der Waals surface area contributed by atoms with E-state index in [0.717, 1.165) is 5.69 Å². The Morgan fingerprint density at radius 1 is 0.357 bits per heavy atom. The molecule has 0 radical (unpaired) electrons. The summed E-state index contributed by atoms with van der Waals surface area (Å²) in [6.45, 7) is 9.46. The van der Waals surface area contributed by atoms with Crippen LogP contribution in [0.3, 0.4) is 0 Å². The molecule has 0 spiro atoms. The molecule has 0 saturated carbocycles. The van der Waals surface area contributed by atoms with Gasteiger partial charge in [-0.1, -0.05) is 161 Å². The predicted molar refractivity (Wildman–Crippen MR) is 240 cm³/mol. The average molecular weight is 736 g/mol. The van der Waals surface area contributed by atoms with Gasteiger partial charge in [-0.05, 0) is 109 Å². The molecule has 1 nitrogen and oxygen atoms in total. The van der Waals surface area contributed by atoms with Crippen LogP contribution >= 0.6 is 11.3 Å². The fourth-order valence-corrected chi connectivity index (χ4v) is 11.0. The highest BCUT2D eigenvalue weighted by Gasteiger charge is 2.37. The van der Waals surface area contributed by atoms with E-state index in [1.54, 1.807) is 0 Å². The van der Waals surface area contributed by atoms with Crippen LogP contribution in [0.15, 0.2) is 176 Å².